The highest BCUT2D eigenvalue weighted by Gasteiger charge is 2.14. The highest BCUT2D eigenvalue weighted by Crippen LogP contribution is 2.18. The number of carboxylic acids is 1. The lowest BCUT2D eigenvalue weighted by Gasteiger charge is -2.18. The summed E-state index contributed by atoms with van der Waals surface area (Å²) in [6.07, 6.45) is 29.8. The van der Waals surface area contributed by atoms with E-state index < -0.39 is 5.97 Å². The summed E-state index contributed by atoms with van der Waals surface area (Å²) in [6, 6.07) is 0. The van der Waals surface area contributed by atoms with Crippen molar-refractivity contribution in [2.75, 3.05) is 0 Å². The van der Waals surface area contributed by atoms with Crippen molar-refractivity contribution in [3.05, 3.63) is 0 Å². The van der Waals surface area contributed by atoms with Gasteiger partial charge in [-0.3, -0.25) is 9.59 Å². The Bertz CT molecular complexity index is 463. The molecule has 1 unspecified atom stereocenters. The summed E-state index contributed by atoms with van der Waals surface area (Å²) >= 11 is 0. The first kappa shape index (κ1) is 33.9. The number of unbranched alkanes of at least 4 members (excludes halogenated alkanes) is 19. The zero-order chi connectivity index (χ0) is 25.8. The smallest absolute Gasteiger partial charge is 0.306 e. The van der Waals surface area contributed by atoms with Crippen LogP contribution in [0.2, 0.25) is 0 Å². The molecule has 0 saturated heterocycles. The first-order valence-electron chi connectivity index (χ1n) is 15.5. The van der Waals surface area contributed by atoms with Crippen LogP contribution in [-0.2, 0) is 14.3 Å². The zero-order valence-electron chi connectivity index (χ0n) is 23.6. The van der Waals surface area contributed by atoms with E-state index in [9.17, 15) is 9.59 Å². The van der Waals surface area contributed by atoms with Crippen molar-refractivity contribution < 1.29 is 19.4 Å². The van der Waals surface area contributed by atoms with Gasteiger partial charge in [-0.15, -0.1) is 0 Å². The average molecular weight is 497 g/mol. The number of esters is 1. The predicted octanol–water partition coefficient (Wildman–Crippen LogP) is 10.2. The predicted molar refractivity (Wildman–Crippen MR) is 149 cm³/mol. The van der Waals surface area contributed by atoms with Crippen LogP contribution in [0.15, 0.2) is 0 Å². The highest BCUT2D eigenvalue weighted by molar-refractivity contribution is 5.69. The Morgan fingerprint density at radius 3 is 1.29 bits per heavy atom. The van der Waals surface area contributed by atoms with Gasteiger partial charge in [-0.2, -0.15) is 0 Å². The maximum Gasteiger partial charge on any atom is 0.306 e. The molecule has 0 aliphatic heterocycles. The average Bonchev–Trinajstić information content (AvgIpc) is 2.83. The van der Waals surface area contributed by atoms with E-state index in [2.05, 4.69) is 13.8 Å². The summed E-state index contributed by atoms with van der Waals surface area (Å²) in [6.45, 7) is 4.49. The molecule has 0 saturated carbocycles. The molecule has 0 aliphatic carbocycles. The van der Waals surface area contributed by atoms with Crippen LogP contribution in [0.3, 0.4) is 0 Å². The van der Waals surface area contributed by atoms with Gasteiger partial charge in [0.25, 0.3) is 0 Å². The molecule has 0 bridgehead atoms. The van der Waals surface area contributed by atoms with Gasteiger partial charge in [0.1, 0.15) is 6.10 Å². The molecular weight excluding hydrogens is 436 g/mol. The molecule has 0 aromatic rings. The van der Waals surface area contributed by atoms with Crippen LogP contribution in [0.1, 0.15) is 181 Å². The molecule has 1 atom stereocenters. The van der Waals surface area contributed by atoms with Crippen molar-refractivity contribution in [3.63, 3.8) is 0 Å². The number of carbonyl (C=O) groups is 2. The third-order valence-corrected chi connectivity index (χ3v) is 7.08. The van der Waals surface area contributed by atoms with Gasteiger partial charge < -0.3 is 9.84 Å². The first-order valence-corrected chi connectivity index (χ1v) is 15.5. The van der Waals surface area contributed by atoms with Gasteiger partial charge in [-0.25, -0.2) is 0 Å². The van der Waals surface area contributed by atoms with Crippen LogP contribution in [0.25, 0.3) is 0 Å². The van der Waals surface area contributed by atoms with Gasteiger partial charge in [0.2, 0.25) is 0 Å². The molecule has 0 spiro atoms. The minimum atomic E-state index is -0.701. The lowest BCUT2D eigenvalue weighted by molar-refractivity contribution is -0.150. The number of carboxylic acid groups (broad SMARTS) is 1. The quantitative estimate of drug-likeness (QED) is 0.0864. The van der Waals surface area contributed by atoms with E-state index in [0.29, 0.717) is 6.42 Å². The second-order valence-electron chi connectivity index (χ2n) is 10.7. The van der Waals surface area contributed by atoms with Crippen LogP contribution in [0.5, 0.6) is 0 Å². The van der Waals surface area contributed by atoms with Crippen LogP contribution >= 0.6 is 0 Å². The maximum atomic E-state index is 12.4. The molecule has 1 N–H and O–H groups in total. The molecule has 0 amide bonds. The number of hydrogen-bond donors (Lipinski definition) is 1. The fourth-order valence-electron chi connectivity index (χ4n) is 4.77. The van der Waals surface area contributed by atoms with Crippen LogP contribution in [0, 0.1) is 0 Å². The number of rotatable bonds is 28. The standard InChI is InChI=1S/C31H60O4/c1-3-5-7-9-10-11-12-13-14-15-16-20-24-28-31(34)35-29(25-21-8-6-4-2)26-22-18-17-19-23-27-30(32)33/h29H,3-28H2,1-2H3,(H,32,33). The van der Waals surface area contributed by atoms with Crippen molar-refractivity contribution in [1.29, 1.82) is 0 Å². The van der Waals surface area contributed by atoms with E-state index in [-0.39, 0.29) is 18.5 Å². The number of aliphatic carboxylic acids is 1. The summed E-state index contributed by atoms with van der Waals surface area (Å²) in [5.41, 5.74) is 0. The molecule has 0 aromatic carbocycles. The fourth-order valence-corrected chi connectivity index (χ4v) is 4.77. The third kappa shape index (κ3) is 27.4. The summed E-state index contributed by atoms with van der Waals surface area (Å²) < 4.78 is 5.88. The second kappa shape index (κ2) is 27.5. The molecule has 0 heterocycles. The summed E-state index contributed by atoms with van der Waals surface area (Å²) in [4.78, 5) is 23.0. The maximum absolute atomic E-state index is 12.4. The zero-order valence-corrected chi connectivity index (χ0v) is 23.6. The van der Waals surface area contributed by atoms with E-state index in [1.807, 2.05) is 0 Å². The molecule has 0 radical (unpaired) electrons. The van der Waals surface area contributed by atoms with E-state index >= 15 is 0 Å². The van der Waals surface area contributed by atoms with Crippen LogP contribution < -0.4 is 0 Å². The molecule has 0 rings (SSSR count). The van der Waals surface area contributed by atoms with E-state index in [4.69, 9.17) is 9.84 Å². The Balaban J connectivity index is 3.81. The molecule has 4 heteroatoms. The molecule has 0 aliphatic rings. The molecule has 4 nitrogen and oxygen atoms in total. The molecule has 208 valence electrons. The van der Waals surface area contributed by atoms with Crippen molar-refractivity contribution in [1.82, 2.24) is 0 Å². The molecule has 35 heavy (non-hydrogen) atoms. The molecule has 0 aromatic heterocycles. The Kier molecular flexibility index (Phi) is 26.7. The largest absolute Gasteiger partial charge is 0.481 e. The lowest BCUT2D eigenvalue weighted by atomic mass is 10.0. The van der Waals surface area contributed by atoms with Crippen molar-refractivity contribution in [2.24, 2.45) is 0 Å². The normalized spacial score (nSPS) is 12.1. The minimum Gasteiger partial charge on any atom is -0.481 e. The number of ether oxygens (including phenoxy) is 1. The molecular formula is C31H60O4. The third-order valence-electron chi connectivity index (χ3n) is 7.08. The van der Waals surface area contributed by atoms with E-state index in [0.717, 1.165) is 64.2 Å². The van der Waals surface area contributed by atoms with Gasteiger partial charge in [-0.1, -0.05) is 129 Å². The van der Waals surface area contributed by atoms with E-state index in [1.54, 1.807) is 0 Å². The van der Waals surface area contributed by atoms with Crippen LogP contribution in [0.4, 0.5) is 0 Å². The topological polar surface area (TPSA) is 63.6 Å². The van der Waals surface area contributed by atoms with Crippen molar-refractivity contribution >= 4 is 11.9 Å². The van der Waals surface area contributed by atoms with Gasteiger partial charge in [0, 0.05) is 12.8 Å². The Morgan fingerprint density at radius 2 is 0.857 bits per heavy atom. The summed E-state index contributed by atoms with van der Waals surface area (Å²) in [5.74, 6) is -0.706. The minimum absolute atomic E-state index is 0.00461. The number of hydrogen-bond acceptors (Lipinski definition) is 3. The molecule has 0 fully saturated rings. The van der Waals surface area contributed by atoms with Crippen molar-refractivity contribution in [2.45, 2.75) is 187 Å². The van der Waals surface area contributed by atoms with Crippen molar-refractivity contribution in [3.8, 4) is 0 Å². The summed E-state index contributed by atoms with van der Waals surface area (Å²) in [7, 11) is 0. The van der Waals surface area contributed by atoms with E-state index in [1.165, 1.54) is 89.9 Å². The van der Waals surface area contributed by atoms with Gasteiger partial charge in [0.05, 0.1) is 0 Å². The Morgan fingerprint density at radius 1 is 0.514 bits per heavy atom. The SMILES string of the molecule is CCCCCCCCCCCCCCCC(=O)OC(CCCCCC)CCCCCCCC(=O)O. The van der Waals surface area contributed by atoms with Gasteiger partial charge >= 0.3 is 11.9 Å². The summed E-state index contributed by atoms with van der Waals surface area (Å²) in [5, 5.41) is 8.72. The van der Waals surface area contributed by atoms with Crippen LogP contribution in [-0.4, -0.2) is 23.1 Å². The lowest BCUT2D eigenvalue weighted by Crippen LogP contribution is -2.18. The monoisotopic (exact) mass is 496 g/mol. The van der Waals surface area contributed by atoms with Gasteiger partial charge in [-0.05, 0) is 38.5 Å². The highest BCUT2D eigenvalue weighted by atomic mass is 16.5. The van der Waals surface area contributed by atoms with Gasteiger partial charge in [0.15, 0.2) is 0 Å². The Labute approximate surface area is 218 Å². The Hall–Kier alpha value is -1.06. The fraction of sp³-hybridized carbons (Fsp3) is 0.935. The second-order valence-corrected chi connectivity index (χ2v) is 10.7. The first-order chi connectivity index (χ1) is 17.1. The number of carbonyl (C=O) groups excluding carboxylic acids is 1.